The summed E-state index contributed by atoms with van der Waals surface area (Å²) in [4.78, 5) is 15.9. The lowest BCUT2D eigenvalue weighted by Crippen LogP contribution is -2.34. The number of rotatable bonds is 9. The largest absolute Gasteiger partial charge is 0.475 e. The third kappa shape index (κ3) is 5.52. The average Bonchev–Trinajstić information content (AvgIpc) is 2.48. The molecule has 1 aromatic heterocycles. The van der Waals surface area contributed by atoms with Gasteiger partial charge in [0.05, 0.1) is 13.2 Å². The third-order valence-electron chi connectivity index (χ3n) is 2.49. The molecule has 1 rings (SSSR count). The summed E-state index contributed by atoms with van der Waals surface area (Å²) < 4.78 is 20.2. The van der Waals surface area contributed by atoms with Gasteiger partial charge < -0.3 is 24.3 Å². The summed E-state index contributed by atoms with van der Waals surface area (Å²) in [7, 11) is 4.60. The number of pyridine rings is 1. The van der Waals surface area contributed by atoms with Gasteiger partial charge in [-0.25, -0.2) is 4.98 Å². The molecular formula is C13H20N2O5. The summed E-state index contributed by atoms with van der Waals surface area (Å²) in [5, 5.41) is 2.70. The molecule has 1 aromatic rings. The van der Waals surface area contributed by atoms with Crippen LogP contribution in [0, 0.1) is 0 Å². The second-order valence-corrected chi connectivity index (χ2v) is 3.84. The van der Waals surface area contributed by atoms with E-state index in [2.05, 4.69) is 10.3 Å². The SMILES string of the molecule is COCCOc1cc(C(=O)NCC(OC)OC)ccn1. The zero-order valence-corrected chi connectivity index (χ0v) is 11.9. The van der Waals surface area contributed by atoms with Gasteiger partial charge in [-0.2, -0.15) is 0 Å². The maximum atomic E-state index is 11.9. The van der Waals surface area contributed by atoms with Gasteiger partial charge in [0.15, 0.2) is 6.29 Å². The van der Waals surface area contributed by atoms with E-state index in [0.717, 1.165) is 0 Å². The van der Waals surface area contributed by atoms with Crippen molar-refractivity contribution in [2.75, 3.05) is 41.1 Å². The van der Waals surface area contributed by atoms with Crippen molar-refractivity contribution in [3.63, 3.8) is 0 Å². The van der Waals surface area contributed by atoms with Crippen LogP contribution in [0.2, 0.25) is 0 Å². The number of hydrogen-bond donors (Lipinski definition) is 1. The van der Waals surface area contributed by atoms with Gasteiger partial charge in [0.1, 0.15) is 6.61 Å². The minimum Gasteiger partial charge on any atom is -0.475 e. The van der Waals surface area contributed by atoms with Crippen molar-refractivity contribution in [3.8, 4) is 5.88 Å². The Bertz CT molecular complexity index is 410. The molecule has 1 N–H and O–H groups in total. The van der Waals surface area contributed by atoms with Crippen LogP contribution in [-0.2, 0) is 14.2 Å². The zero-order chi connectivity index (χ0) is 14.8. The van der Waals surface area contributed by atoms with Crippen LogP contribution in [-0.4, -0.2) is 58.3 Å². The minimum absolute atomic E-state index is 0.247. The van der Waals surface area contributed by atoms with Gasteiger partial charge in [-0.15, -0.1) is 0 Å². The highest BCUT2D eigenvalue weighted by atomic mass is 16.7. The molecule has 0 aliphatic carbocycles. The lowest BCUT2D eigenvalue weighted by Gasteiger charge is -2.14. The molecule has 7 heteroatoms. The summed E-state index contributed by atoms with van der Waals surface area (Å²) in [5.41, 5.74) is 0.457. The Balaban J connectivity index is 2.53. The minimum atomic E-state index is -0.474. The van der Waals surface area contributed by atoms with Gasteiger partial charge in [0.2, 0.25) is 5.88 Å². The van der Waals surface area contributed by atoms with Gasteiger partial charge in [0.25, 0.3) is 5.91 Å². The predicted octanol–water partition coefficient (Wildman–Crippen LogP) is 0.456. The number of methoxy groups -OCH3 is 3. The van der Waals surface area contributed by atoms with Gasteiger partial charge >= 0.3 is 0 Å². The van der Waals surface area contributed by atoms with E-state index in [0.29, 0.717) is 24.7 Å². The van der Waals surface area contributed by atoms with E-state index in [4.69, 9.17) is 18.9 Å². The predicted molar refractivity (Wildman–Crippen MR) is 71.7 cm³/mol. The standard InChI is InChI=1S/C13H20N2O5/c1-17-6-7-20-11-8-10(4-5-14-11)13(16)15-9-12(18-2)19-3/h4-5,8,12H,6-7,9H2,1-3H3,(H,15,16). The van der Waals surface area contributed by atoms with E-state index in [1.54, 1.807) is 19.2 Å². The van der Waals surface area contributed by atoms with E-state index >= 15 is 0 Å². The van der Waals surface area contributed by atoms with Crippen molar-refractivity contribution in [2.24, 2.45) is 0 Å². The fourth-order valence-electron chi connectivity index (χ4n) is 1.40. The number of carbonyl (C=O) groups is 1. The number of carbonyl (C=O) groups excluding carboxylic acids is 1. The molecule has 0 saturated carbocycles. The Morgan fingerprint density at radius 2 is 2.05 bits per heavy atom. The van der Waals surface area contributed by atoms with E-state index < -0.39 is 6.29 Å². The number of ether oxygens (including phenoxy) is 4. The van der Waals surface area contributed by atoms with Crippen LogP contribution in [0.3, 0.4) is 0 Å². The Morgan fingerprint density at radius 3 is 2.70 bits per heavy atom. The molecule has 0 atom stereocenters. The molecule has 0 aliphatic heterocycles. The number of aromatic nitrogens is 1. The molecule has 1 heterocycles. The molecule has 0 saturated heterocycles. The van der Waals surface area contributed by atoms with Crippen LogP contribution >= 0.6 is 0 Å². The number of nitrogens with zero attached hydrogens (tertiary/aromatic N) is 1. The Labute approximate surface area is 118 Å². The molecule has 0 aromatic carbocycles. The number of hydrogen-bond acceptors (Lipinski definition) is 6. The fourth-order valence-corrected chi connectivity index (χ4v) is 1.40. The molecule has 0 spiro atoms. The summed E-state index contributed by atoms with van der Waals surface area (Å²) in [6, 6.07) is 3.17. The second kappa shape index (κ2) is 9.24. The molecule has 7 nitrogen and oxygen atoms in total. The van der Waals surface area contributed by atoms with E-state index in [-0.39, 0.29) is 12.5 Å². The Kier molecular flexibility index (Phi) is 7.56. The lowest BCUT2D eigenvalue weighted by molar-refractivity contribution is -0.0974. The topological polar surface area (TPSA) is 78.9 Å². The third-order valence-corrected chi connectivity index (χ3v) is 2.49. The fraction of sp³-hybridized carbons (Fsp3) is 0.538. The van der Waals surface area contributed by atoms with Crippen LogP contribution in [0.15, 0.2) is 18.3 Å². The highest BCUT2D eigenvalue weighted by Crippen LogP contribution is 2.09. The van der Waals surface area contributed by atoms with Crippen LogP contribution in [0.5, 0.6) is 5.88 Å². The van der Waals surface area contributed by atoms with Crippen molar-refractivity contribution in [1.29, 1.82) is 0 Å². The van der Waals surface area contributed by atoms with Crippen molar-refractivity contribution < 1.29 is 23.7 Å². The summed E-state index contributed by atoms with van der Waals surface area (Å²) in [6.07, 6.45) is 1.04. The molecule has 0 fully saturated rings. The van der Waals surface area contributed by atoms with Crippen molar-refractivity contribution >= 4 is 5.91 Å². The molecule has 0 bridgehead atoms. The molecule has 20 heavy (non-hydrogen) atoms. The first kappa shape index (κ1) is 16.4. The monoisotopic (exact) mass is 284 g/mol. The molecule has 1 amide bonds. The van der Waals surface area contributed by atoms with Gasteiger partial charge in [0, 0.05) is 39.2 Å². The highest BCUT2D eigenvalue weighted by Gasteiger charge is 2.10. The molecular weight excluding hydrogens is 264 g/mol. The first-order chi connectivity index (χ1) is 9.71. The molecule has 112 valence electrons. The van der Waals surface area contributed by atoms with E-state index in [9.17, 15) is 4.79 Å². The smallest absolute Gasteiger partial charge is 0.251 e. The molecule has 0 unspecified atom stereocenters. The average molecular weight is 284 g/mol. The van der Waals surface area contributed by atoms with E-state index in [1.807, 2.05) is 0 Å². The Morgan fingerprint density at radius 1 is 1.30 bits per heavy atom. The zero-order valence-electron chi connectivity index (χ0n) is 11.9. The van der Waals surface area contributed by atoms with Crippen LogP contribution < -0.4 is 10.1 Å². The quantitative estimate of drug-likeness (QED) is 0.524. The Hall–Kier alpha value is -1.70. The van der Waals surface area contributed by atoms with Crippen molar-refractivity contribution in [2.45, 2.75) is 6.29 Å². The van der Waals surface area contributed by atoms with Crippen molar-refractivity contribution in [1.82, 2.24) is 10.3 Å². The maximum absolute atomic E-state index is 11.9. The van der Waals surface area contributed by atoms with Crippen molar-refractivity contribution in [3.05, 3.63) is 23.9 Å². The summed E-state index contributed by atoms with van der Waals surface area (Å²) >= 11 is 0. The molecule has 0 aliphatic rings. The van der Waals surface area contributed by atoms with Crippen LogP contribution in [0.1, 0.15) is 10.4 Å². The number of amides is 1. The lowest BCUT2D eigenvalue weighted by atomic mass is 10.2. The van der Waals surface area contributed by atoms with Crippen LogP contribution in [0.4, 0.5) is 0 Å². The van der Waals surface area contributed by atoms with Crippen LogP contribution in [0.25, 0.3) is 0 Å². The van der Waals surface area contributed by atoms with Gasteiger partial charge in [-0.05, 0) is 6.07 Å². The first-order valence-corrected chi connectivity index (χ1v) is 6.12. The number of nitrogens with one attached hydrogen (secondary N) is 1. The van der Waals surface area contributed by atoms with E-state index in [1.165, 1.54) is 20.4 Å². The summed E-state index contributed by atoms with van der Waals surface area (Å²) in [6.45, 7) is 1.10. The highest BCUT2D eigenvalue weighted by molar-refractivity contribution is 5.94. The van der Waals surface area contributed by atoms with Gasteiger partial charge in [-0.3, -0.25) is 4.79 Å². The maximum Gasteiger partial charge on any atom is 0.251 e. The first-order valence-electron chi connectivity index (χ1n) is 6.12. The normalized spacial score (nSPS) is 10.6. The van der Waals surface area contributed by atoms with Gasteiger partial charge in [-0.1, -0.05) is 0 Å². The summed E-state index contributed by atoms with van der Waals surface area (Å²) in [5.74, 6) is 0.132. The second-order valence-electron chi connectivity index (χ2n) is 3.84. The molecule has 0 radical (unpaired) electrons.